The first-order chi connectivity index (χ1) is 10.2. The van der Waals surface area contributed by atoms with Crippen LogP contribution in [0.25, 0.3) is 0 Å². The summed E-state index contributed by atoms with van der Waals surface area (Å²) >= 11 is 0. The molecule has 0 unspecified atom stereocenters. The number of rotatable bonds is 3. The van der Waals surface area contributed by atoms with Gasteiger partial charge in [0.05, 0.1) is 5.69 Å². The molecule has 1 aliphatic heterocycles. The predicted octanol–water partition coefficient (Wildman–Crippen LogP) is 2.88. The van der Waals surface area contributed by atoms with Crippen LogP contribution in [0, 0.1) is 6.92 Å². The highest BCUT2D eigenvalue weighted by molar-refractivity contribution is 5.21. The fraction of sp³-hybridized carbons (Fsp3) is 0.389. The van der Waals surface area contributed by atoms with Gasteiger partial charge in [-0.15, -0.1) is 0 Å². The topological polar surface area (TPSA) is 19.4 Å². The lowest BCUT2D eigenvalue weighted by Crippen LogP contribution is -2.46. The standard InChI is InChI=1S/C18H23N3/c1-15-7-6-10-19-17(15)13-21-12-11-20(2)18(14-21)16-8-4-3-5-9-16/h3-10,18H,11-14H2,1-2H3/t18-/m0/s1. The lowest BCUT2D eigenvalue weighted by molar-refractivity contribution is 0.0895. The number of benzene rings is 1. The second-order valence-corrected chi connectivity index (χ2v) is 5.91. The van der Waals surface area contributed by atoms with Crippen molar-refractivity contribution in [2.75, 3.05) is 26.7 Å². The molecule has 2 aromatic rings. The highest BCUT2D eigenvalue weighted by Gasteiger charge is 2.25. The van der Waals surface area contributed by atoms with Crippen molar-refractivity contribution in [2.24, 2.45) is 0 Å². The molecule has 0 saturated carbocycles. The van der Waals surface area contributed by atoms with E-state index in [4.69, 9.17) is 0 Å². The lowest BCUT2D eigenvalue weighted by atomic mass is 10.0. The van der Waals surface area contributed by atoms with Gasteiger partial charge in [-0.3, -0.25) is 14.8 Å². The average molecular weight is 281 g/mol. The highest BCUT2D eigenvalue weighted by Crippen LogP contribution is 2.24. The molecule has 0 radical (unpaired) electrons. The number of aryl methyl sites for hydroxylation is 1. The minimum atomic E-state index is 0.476. The number of pyridine rings is 1. The molecule has 21 heavy (non-hydrogen) atoms. The van der Waals surface area contributed by atoms with Gasteiger partial charge >= 0.3 is 0 Å². The van der Waals surface area contributed by atoms with Crippen LogP contribution in [0.4, 0.5) is 0 Å². The summed E-state index contributed by atoms with van der Waals surface area (Å²) in [6, 6.07) is 15.4. The van der Waals surface area contributed by atoms with E-state index in [1.807, 2.05) is 12.3 Å². The largest absolute Gasteiger partial charge is 0.297 e. The fourth-order valence-electron chi connectivity index (χ4n) is 3.00. The molecule has 3 rings (SSSR count). The zero-order valence-corrected chi connectivity index (χ0v) is 12.9. The van der Waals surface area contributed by atoms with Crippen LogP contribution in [-0.2, 0) is 6.54 Å². The third-order valence-corrected chi connectivity index (χ3v) is 4.41. The number of piperazine rings is 1. The Morgan fingerprint density at radius 1 is 1.10 bits per heavy atom. The first-order valence-corrected chi connectivity index (χ1v) is 7.62. The second kappa shape index (κ2) is 6.37. The molecule has 0 bridgehead atoms. The van der Waals surface area contributed by atoms with Crippen molar-refractivity contribution in [1.82, 2.24) is 14.8 Å². The van der Waals surface area contributed by atoms with Crippen molar-refractivity contribution in [1.29, 1.82) is 0 Å². The van der Waals surface area contributed by atoms with Crippen molar-refractivity contribution >= 4 is 0 Å². The van der Waals surface area contributed by atoms with Crippen molar-refractivity contribution < 1.29 is 0 Å². The van der Waals surface area contributed by atoms with Gasteiger partial charge in [-0.1, -0.05) is 36.4 Å². The van der Waals surface area contributed by atoms with Crippen molar-refractivity contribution in [2.45, 2.75) is 19.5 Å². The molecule has 1 aromatic heterocycles. The Hall–Kier alpha value is -1.71. The normalized spacial score (nSPS) is 20.6. The van der Waals surface area contributed by atoms with Crippen LogP contribution in [0.1, 0.15) is 22.9 Å². The maximum absolute atomic E-state index is 4.53. The third-order valence-electron chi connectivity index (χ3n) is 4.41. The summed E-state index contributed by atoms with van der Waals surface area (Å²) in [5.74, 6) is 0. The van der Waals surface area contributed by atoms with E-state index in [9.17, 15) is 0 Å². The molecular weight excluding hydrogens is 258 g/mol. The van der Waals surface area contributed by atoms with E-state index in [0.717, 1.165) is 26.2 Å². The number of aromatic nitrogens is 1. The summed E-state index contributed by atoms with van der Waals surface area (Å²) in [4.78, 5) is 9.51. The van der Waals surface area contributed by atoms with Crippen LogP contribution in [-0.4, -0.2) is 41.5 Å². The van der Waals surface area contributed by atoms with E-state index in [2.05, 4.69) is 65.2 Å². The maximum Gasteiger partial charge on any atom is 0.0573 e. The zero-order valence-electron chi connectivity index (χ0n) is 12.9. The SMILES string of the molecule is Cc1cccnc1CN1CCN(C)[C@H](c2ccccc2)C1. The molecule has 1 atom stereocenters. The summed E-state index contributed by atoms with van der Waals surface area (Å²) in [6.07, 6.45) is 1.90. The molecule has 0 aliphatic carbocycles. The molecule has 110 valence electrons. The molecule has 0 amide bonds. The van der Waals surface area contributed by atoms with Gasteiger partial charge in [-0.2, -0.15) is 0 Å². The van der Waals surface area contributed by atoms with Crippen LogP contribution >= 0.6 is 0 Å². The third kappa shape index (κ3) is 3.31. The Balaban J connectivity index is 1.73. The van der Waals surface area contributed by atoms with Crippen LogP contribution in [0.15, 0.2) is 48.7 Å². The van der Waals surface area contributed by atoms with Gasteiger partial charge in [0, 0.05) is 38.4 Å². The van der Waals surface area contributed by atoms with Crippen LogP contribution in [0.2, 0.25) is 0 Å². The Labute approximate surface area is 127 Å². The molecule has 2 heterocycles. The number of nitrogens with zero attached hydrogens (tertiary/aromatic N) is 3. The fourth-order valence-corrected chi connectivity index (χ4v) is 3.00. The van der Waals surface area contributed by atoms with Gasteiger partial charge in [0.2, 0.25) is 0 Å². The molecule has 1 aromatic carbocycles. The molecule has 1 saturated heterocycles. The van der Waals surface area contributed by atoms with E-state index in [-0.39, 0.29) is 0 Å². The molecule has 3 heteroatoms. The lowest BCUT2D eigenvalue weighted by Gasteiger charge is -2.39. The summed E-state index contributed by atoms with van der Waals surface area (Å²) in [5, 5.41) is 0. The molecular formula is C18H23N3. The Kier molecular flexibility index (Phi) is 4.32. The van der Waals surface area contributed by atoms with E-state index >= 15 is 0 Å². The first kappa shape index (κ1) is 14.2. The van der Waals surface area contributed by atoms with Gasteiger partial charge in [-0.05, 0) is 31.2 Å². The smallest absolute Gasteiger partial charge is 0.0573 e. The number of hydrogen-bond donors (Lipinski definition) is 0. The van der Waals surface area contributed by atoms with E-state index in [1.165, 1.54) is 16.8 Å². The first-order valence-electron chi connectivity index (χ1n) is 7.62. The van der Waals surface area contributed by atoms with Gasteiger partial charge in [-0.25, -0.2) is 0 Å². The molecule has 1 aliphatic rings. The Bertz CT molecular complexity index is 582. The van der Waals surface area contributed by atoms with Crippen LogP contribution in [0.5, 0.6) is 0 Å². The summed E-state index contributed by atoms with van der Waals surface area (Å²) < 4.78 is 0. The van der Waals surface area contributed by atoms with E-state index in [0.29, 0.717) is 6.04 Å². The minimum Gasteiger partial charge on any atom is -0.297 e. The maximum atomic E-state index is 4.53. The molecule has 0 spiro atoms. The zero-order chi connectivity index (χ0) is 14.7. The Morgan fingerprint density at radius 2 is 1.90 bits per heavy atom. The molecule has 1 fully saturated rings. The van der Waals surface area contributed by atoms with Gasteiger partial charge in [0.1, 0.15) is 0 Å². The van der Waals surface area contributed by atoms with Crippen molar-refractivity contribution in [3.8, 4) is 0 Å². The summed E-state index contributed by atoms with van der Waals surface area (Å²) in [5.41, 5.74) is 3.89. The minimum absolute atomic E-state index is 0.476. The monoisotopic (exact) mass is 281 g/mol. The van der Waals surface area contributed by atoms with Gasteiger partial charge in [0.25, 0.3) is 0 Å². The van der Waals surface area contributed by atoms with Crippen LogP contribution < -0.4 is 0 Å². The van der Waals surface area contributed by atoms with E-state index < -0.39 is 0 Å². The molecule has 0 N–H and O–H groups in total. The average Bonchev–Trinajstić information content (AvgIpc) is 2.52. The number of hydrogen-bond acceptors (Lipinski definition) is 3. The van der Waals surface area contributed by atoms with Crippen LogP contribution in [0.3, 0.4) is 0 Å². The highest BCUT2D eigenvalue weighted by atomic mass is 15.3. The van der Waals surface area contributed by atoms with E-state index in [1.54, 1.807) is 0 Å². The van der Waals surface area contributed by atoms with Crippen molar-refractivity contribution in [3.63, 3.8) is 0 Å². The predicted molar refractivity (Wildman–Crippen MR) is 86.1 cm³/mol. The van der Waals surface area contributed by atoms with Gasteiger partial charge in [0.15, 0.2) is 0 Å². The summed E-state index contributed by atoms with van der Waals surface area (Å²) in [6.45, 7) is 6.37. The number of likely N-dealkylation sites (N-methyl/N-ethyl adjacent to an activating group) is 1. The second-order valence-electron chi connectivity index (χ2n) is 5.91. The molecule has 3 nitrogen and oxygen atoms in total. The quantitative estimate of drug-likeness (QED) is 0.862. The van der Waals surface area contributed by atoms with Gasteiger partial charge < -0.3 is 0 Å². The van der Waals surface area contributed by atoms with Crippen molar-refractivity contribution in [3.05, 3.63) is 65.5 Å². The summed E-state index contributed by atoms with van der Waals surface area (Å²) in [7, 11) is 2.22. The Morgan fingerprint density at radius 3 is 2.67 bits per heavy atom.